The summed E-state index contributed by atoms with van der Waals surface area (Å²) in [6.45, 7) is 3.99. The molecule has 0 amide bonds. The van der Waals surface area contributed by atoms with E-state index >= 15 is 0 Å². The van der Waals surface area contributed by atoms with Gasteiger partial charge in [-0.05, 0) is 73.1 Å². The van der Waals surface area contributed by atoms with Crippen molar-refractivity contribution in [3.63, 3.8) is 0 Å². The quantitative estimate of drug-likeness (QED) is 0.731. The lowest BCUT2D eigenvalue weighted by Crippen LogP contribution is -2.21. The standard InChI is InChI=1S/C22H21ClO2/c1-12-6-7-14(17-4-3-5-19(23)13(17)2)11-18(12)20-21(24)15-8-9-16(10-15)22(20)25/h3-7,11,15-16,24H,8-10H2,1-2H3/t15-,16+/m1/s1. The van der Waals surface area contributed by atoms with Gasteiger partial charge in [-0.15, -0.1) is 0 Å². The second-order valence-corrected chi connectivity index (χ2v) is 7.68. The van der Waals surface area contributed by atoms with Gasteiger partial charge < -0.3 is 5.11 Å². The first kappa shape index (κ1) is 16.4. The number of Topliss-reactive ketones (excluding diaryl/α,β-unsaturated/α-hetero) is 1. The highest BCUT2D eigenvalue weighted by Crippen LogP contribution is 2.46. The van der Waals surface area contributed by atoms with Gasteiger partial charge in [0.1, 0.15) is 5.76 Å². The van der Waals surface area contributed by atoms with E-state index in [4.69, 9.17) is 11.6 Å². The molecule has 2 nitrogen and oxygen atoms in total. The Kier molecular flexibility index (Phi) is 3.96. The normalized spacial score (nSPS) is 22.6. The summed E-state index contributed by atoms with van der Waals surface area (Å²) < 4.78 is 0. The molecule has 25 heavy (non-hydrogen) atoms. The molecule has 0 saturated heterocycles. The summed E-state index contributed by atoms with van der Waals surface area (Å²) in [6.07, 6.45) is 2.61. The van der Waals surface area contributed by atoms with Gasteiger partial charge in [-0.25, -0.2) is 0 Å². The Labute approximate surface area is 153 Å². The lowest BCUT2D eigenvalue weighted by molar-refractivity contribution is -0.117. The number of fused-ring (bicyclic) bond motifs is 2. The van der Waals surface area contributed by atoms with E-state index in [-0.39, 0.29) is 17.6 Å². The molecule has 0 spiro atoms. The summed E-state index contributed by atoms with van der Waals surface area (Å²) in [5.41, 5.74) is 5.51. The molecule has 1 fully saturated rings. The molecule has 0 aliphatic heterocycles. The van der Waals surface area contributed by atoms with Gasteiger partial charge in [0.2, 0.25) is 0 Å². The molecule has 3 heteroatoms. The number of aliphatic hydroxyl groups is 1. The lowest BCUT2D eigenvalue weighted by atomic mass is 9.81. The van der Waals surface area contributed by atoms with Gasteiger partial charge in [0.05, 0.1) is 5.57 Å². The first-order valence-corrected chi connectivity index (χ1v) is 9.19. The Bertz CT molecular complexity index is 910. The first-order chi connectivity index (χ1) is 12.0. The van der Waals surface area contributed by atoms with Crippen molar-refractivity contribution < 1.29 is 9.90 Å². The molecule has 2 atom stereocenters. The van der Waals surface area contributed by atoms with E-state index in [1.165, 1.54) is 0 Å². The van der Waals surface area contributed by atoms with Crippen molar-refractivity contribution in [3.05, 3.63) is 63.9 Å². The number of benzene rings is 2. The summed E-state index contributed by atoms with van der Waals surface area (Å²) in [4.78, 5) is 12.9. The topological polar surface area (TPSA) is 37.3 Å². The number of carbonyl (C=O) groups is 1. The Morgan fingerprint density at radius 3 is 2.60 bits per heavy atom. The lowest BCUT2D eigenvalue weighted by Gasteiger charge is -2.23. The molecule has 0 radical (unpaired) electrons. The second-order valence-electron chi connectivity index (χ2n) is 7.27. The fourth-order valence-electron chi connectivity index (χ4n) is 4.25. The maximum absolute atomic E-state index is 12.9. The van der Waals surface area contributed by atoms with Crippen LogP contribution in [-0.4, -0.2) is 10.9 Å². The largest absolute Gasteiger partial charge is 0.511 e. The van der Waals surface area contributed by atoms with Crippen LogP contribution < -0.4 is 0 Å². The van der Waals surface area contributed by atoms with Crippen LogP contribution in [0.2, 0.25) is 5.02 Å². The number of allylic oxidation sites excluding steroid dienone is 2. The van der Waals surface area contributed by atoms with E-state index < -0.39 is 0 Å². The summed E-state index contributed by atoms with van der Waals surface area (Å²) in [5.74, 6) is 0.622. The van der Waals surface area contributed by atoms with Crippen molar-refractivity contribution in [1.29, 1.82) is 0 Å². The Morgan fingerprint density at radius 2 is 1.80 bits per heavy atom. The smallest absolute Gasteiger partial charge is 0.169 e. The highest BCUT2D eigenvalue weighted by atomic mass is 35.5. The zero-order chi connectivity index (χ0) is 17.7. The molecule has 1 N–H and O–H groups in total. The van der Waals surface area contributed by atoms with Crippen LogP contribution in [0.1, 0.15) is 36.0 Å². The van der Waals surface area contributed by atoms with E-state index in [0.717, 1.165) is 52.1 Å². The van der Waals surface area contributed by atoms with Crippen LogP contribution in [-0.2, 0) is 4.79 Å². The van der Waals surface area contributed by atoms with Crippen LogP contribution in [0, 0.1) is 25.7 Å². The van der Waals surface area contributed by atoms with Gasteiger partial charge >= 0.3 is 0 Å². The van der Waals surface area contributed by atoms with Crippen LogP contribution in [0.4, 0.5) is 0 Å². The highest BCUT2D eigenvalue weighted by Gasteiger charge is 2.41. The number of hydrogen-bond acceptors (Lipinski definition) is 2. The van der Waals surface area contributed by atoms with Crippen molar-refractivity contribution >= 4 is 23.0 Å². The second kappa shape index (κ2) is 6.03. The van der Waals surface area contributed by atoms with Gasteiger partial charge in [0.15, 0.2) is 5.78 Å². The molecule has 0 heterocycles. The fourth-order valence-corrected chi connectivity index (χ4v) is 4.43. The number of carbonyl (C=O) groups excluding carboxylic acids is 1. The minimum Gasteiger partial charge on any atom is -0.511 e. The predicted molar refractivity (Wildman–Crippen MR) is 102 cm³/mol. The van der Waals surface area contributed by atoms with E-state index in [1.807, 2.05) is 44.2 Å². The number of ketones is 1. The Hall–Kier alpha value is -2.06. The van der Waals surface area contributed by atoms with Crippen LogP contribution in [0.3, 0.4) is 0 Å². The minimum atomic E-state index is 0.0758. The zero-order valence-corrected chi connectivity index (χ0v) is 15.2. The predicted octanol–water partition coefficient (Wildman–Crippen LogP) is 5.89. The van der Waals surface area contributed by atoms with E-state index in [0.29, 0.717) is 11.3 Å². The van der Waals surface area contributed by atoms with E-state index in [1.54, 1.807) is 0 Å². The van der Waals surface area contributed by atoms with Crippen molar-refractivity contribution in [2.45, 2.75) is 33.1 Å². The van der Waals surface area contributed by atoms with Crippen LogP contribution in [0.15, 0.2) is 42.2 Å². The molecule has 0 aromatic heterocycles. The molecule has 2 aromatic carbocycles. The number of rotatable bonds is 2. The molecule has 128 valence electrons. The molecule has 4 rings (SSSR count). The van der Waals surface area contributed by atoms with Gasteiger partial charge in [0.25, 0.3) is 0 Å². The van der Waals surface area contributed by atoms with E-state index in [9.17, 15) is 9.90 Å². The Balaban J connectivity index is 1.88. The van der Waals surface area contributed by atoms with E-state index in [2.05, 4.69) is 6.07 Å². The van der Waals surface area contributed by atoms with Gasteiger partial charge in [-0.3, -0.25) is 4.79 Å². The molecule has 2 aromatic rings. The highest BCUT2D eigenvalue weighted by molar-refractivity contribution is 6.31. The molecular weight excluding hydrogens is 332 g/mol. The Morgan fingerprint density at radius 1 is 1.04 bits per heavy atom. The molecule has 1 saturated carbocycles. The van der Waals surface area contributed by atoms with Crippen LogP contribution >= 0.6 is 11.6 Å². The third-order valence-corrected chi connectivity index (χ3v) is 6.19. The average molecular weight is 353 g/mol. The minimum absolute atomic E-state index is 0.0758. The van der Waals surface area contributed by atoms with Crippen molar-refractivity contribution in [2.24, 2.45) is 11.8 Å². The third-order valence-electron chi connectivity index (χ3n) is 5.78. The maximum atomic E-state index is 12.9. The van der Waals surface area contributed by atoms with Crippen molar-refractivity contribution in [3.8, 4) is 11.1 Å². The average Bonchev–Trinajstić information content (AvgIpc) is 3.05. The monoisotopic (exact) mass is 352 g/mol. The zero-order valence-electron chi connectivity index (χ0n) is 14.5. The van der Waals surface area contributed by atoms with Crippen LogP contribution in [0.25, 0.3) is 16.7 Å². The SMILES string of the molecule is Cc1ccc(-c2cccc(Cl)c2C)cc1C1=C(O)[C@@H]2CC[C@@H](C2)C1=O. The molecule has 2 bridgehead atoms. The maximum Gasteiger partial charge on any atom is 0.169 e. The van der Waals surface area contributed by atoms with Crippen molar-refractivity contribution in [1.82, 2.24) is 0 Å². The van der Waals surface area contributed by atoms with Gasteiger partial charge in [0, 0.05) is 16.9 Å². The summed E-state index contributed by atoms with van der Waals surface area (Å²) in [5, 5.41) is 11.4. The van der Waals surface area contributed by atoms with Crippen molar-refractivity contribution in [2.75, 3.05) is 0 Å². The van der Waals surface area contributed by atoms with Gasteiger partial charge in [-0.2, -0.15) is 0 Å². The number of aryl methyl sites for hydroxylation is 1. The number of halogens is 1. The first-order valence-electron chi connectivity index (χ1n) is 8.81. The fraction of sp³-hybridized carbons (Fsp3) is 0.318. The summed E-state index contributed by atoms with van der Waals surface area (Å²) >= 11 is 6.27. The number of aliphatic hydroxyl groups excluding tert-OH is 1. The molecule has 2 aliphatic rings. The van der Waals surface area contributed by atoms with Crippen LogP contribution in [0.5, 0.6) is 0 Å². The molecule has 2 aliphatic carbocycles. The number of hydrogen-bond donors (Lipinski definition) is 1. The third kappa shape index (κ3) is 2.60. The molecular formula is C22H21ClO2. The summed E-state index contributed by atoms with van der Waals surface area (Å²) in [7, 11) is 0. The summed E-state index contributed by atoms with van der Waals surface area (Å²) in [6, 6.07) is 12.0. The molecule has 0 unspecified atom stereocenters. The van der Waals surface area contributed by atoms with Gasteiger partial charge in [-0.1, -0.05) is 35.9 Å².